The molecule has 0 unspecified atom stereocenters. The van der Waals surface area contributed by atoms with Crippen molar-refractivity contribution in [2.75, 3.05) is 18.8 Å². The molecule has 0 bridgehead atoms. The summed E-state index contributed by atoms with van der Waals surface area (Å²) in [5, 5.41) is 0.697. The maximum absolute atomic E-state index is 5.63. The largest absolute Gasteiger partial charge is 0.375 e. The number of aromatic nitrogens is 1. The molecule has 1 saturated heterocycles. The number of rotatable bonds is 2. The molecule has 2 heterocycles. The summed E-state index contributed by atoms with van der Waals surface area (Å²) in [6, 6.07) is 0. The second-order valence-electron chi connectivity index (χ2n) is 4.98. The summed E-state index contributed by atoms with van der Waals surface area (Å²) in [6.45, 7) is 3.61. The van der Waals surface area contributed by atoms with Crippen LogP contribution in [0.25, 0.3) is 0 Å². The zero-order valence-electron chi connectivity index (χ0n) is 8.91. The van der Waals surface area contributed by atoms with E-state index in [1.54, 1.807) is 11.3 Å². The van der Waals surface area contributed by atoms with Gasteiger partial charge in [0.2, 0.25) is 0 Å². The molecule has 0 amide bonds. The van der Waals surface area contributed by atoms with E-state index in [1.807, 2.05) is 6.20 Å². The maximum atomic E-state index is 5.63. The van der Waals surface area contributed by atoms with Gasteiger partial charge >= 0.3 is 0 Å². The lowest BCUT2D eigenvalue weighted by Crippen LogP contribution is -2.32. The molecule has 3 rings (SSSR count). The van der Waals surface area contributed by atoms with Gasteiger partial charge in [0.05, 0.1) is 0 Å². The SMILES string of the molecule is Nc1ncc(CN2CCC3(CCC3)C2)s1. The van der Waals surface area contributed by atoms with Gasteiger partial charge in [-0.25, -0.2) is 4.98 Å². The highest BCUT2D eigenvalue weighted by Crippen LogP contribution is 2.48. The van der Waals surface area contributed by atoms with Gasteiger partial charge in [-0.1, -0.05) is 6.42 Å². The normalized spacial score (nSPS) is 24.5. The van der Waals surface area contributed by atoms with Crippen LogP contribution in [0, 0.1) is 5.41 Å². The van der Waals surface area contributed by atoms with Gasteiger partial charge in [-0.2, -0.15) is 0 Å². The van der Waals surface area contributed by atoms with E-state index in [0.717, 1.165) is 6.54 Å². The van der Waals surface area contributed by atoms with E-state index in [9.17, 15) is 0 Å². The first-order chi connectivity index (χ1) is 7.26. The average Bonchev–Trinajstić information content (AvgIpc) is 2.72. The molecule has 1 spiro atoms. The van der Waals surface area contributed by atoms with Crippen molar-refractivity contribution in [3.05, 3.63) is 11.1 Å². The van der Waals surface area contributed by atoms with Crippen molar-refractivity contribution in [2.24, 2.45) is 5.41 Å². The highest BCUT2D eigenvalue weighted by atomic mass is 32.1. The number of likely N-dealkylation sites (tertiary alicyclic amines) is 1. The van der Waals surface area contributed by atoms with Crippen LogP contribution in [-0.4, -0.2) is 23.0 Å². The first kappa shape index (κ1) is 9.60. The lowest BCUT2D eigenvalue weighted by molar-refractivity contribution is 0.137. The lowest BCUT2D eigenvalue weighted by Gasteiger charge is -2.38. The van der Waals surface area contributed by atoms with Crippen LogP contribution in [0.1, 0.15) is 30.6 Å². The standard InChI is InChI=1S/C11H17N3S/c12-10-13-6-9(15-10)7-14-5-4-11(8-14)2-1-3-11/h6H,1-5,7-8H2,(H2,12,13). The molecule has 0 radical (unpaired) electrons. The predicted octanol–water partition coefficient (Wildman–Crippen LogP) is 2.10. The quantitative estimate of drug-likeness (QED) is 0.835. The zero-order valence-corrected chi connectivity index (χ0v) is 9.72. The van der Waals surface area contributed by atoms with Crippen LogP contribution in [0.3, 0.4) is 0 Å². The zero-order chi connectivity index (χ0) is 10.3. The highest BCUT2D eigenvalue weighted by molar-refractivity contribution is 7.15. The van der Waals surface area contributed by atoms with Crippen molar-refractivity contribution in [3.63, 3.8) is 0 Å². The third-order valence-electron chi connectivity index (χ3n) is 3.88. The van der Waals surface area contributed by atoms with Crippen LogP contribution < -0.4 is 5.73 Å². The summed E-state index contributed by atoms with van der Waals surface area (Å²) < 4.78 is 0. The minimum atomic E-state index is 0.697. The Morgan fingerprint density at radius 3 is 2.87 bits per heavy atom. The Balaban J connectivity index is 1.61. The first-order valence-corrected chi connectivity index (χ1v) is 6.50. The van der Waals surface area contributed by atoms with Gasteiger partial charge in [-0.05, 0) is 31.2 Å². The van der Waals surface area contributed by atoms with Crippen molar-refractivity contribution >= 4 is 16.5 Å². The summed E-state index contributed by atoms with van der Waals surface area (Å²) in [6.07, 6.45) is 7.68. The molecule has 2 N–H and O–H groups in total. The number of nitrogens with zero attached hydrogens (tertiary/aromatic N) is 2. The molecule has 2 aliphatic rings. The van der Waals surface area contributed by atoms with Gasteiger partial charge in [-0.15, -0.1) is 11.3 Å². The maximum Gasteiger partial charge on any atom is 0.180 e. The summed E-state index contributed by atoms with van der Waals surface area (Å²) in [4.78, 5) is 7.97. The Kier molecular flexibility index (Phi) is 2.21. The molecule has 1 aliphatic carbocycles. The molecule has 0 aromatic carbocycles. The summed E-state index contributed by atoms with van der Waals surface area (Å²) in [7, 11) is 0. The number of hydrogen-bond donors (Lipinski definition) is 1. The monoisotopic (exact) mass is 223 g/mol. The van der Waals surface area contributed by atoms with E-state index in [4.69, 9.17) is 5.73 Å². The van der Waals surface area contributed by atoms with Gasteiger partial charge < -0.3 is 5.73 Å². The molecule has 2 fully saturated rings. The average molecular weight is 223 g/mol. The molecule has 1 aromatic rings. The van der Waals surface area contributed by atoms with Crippen molar-refractivity contribution in [2.45, 2.75) is 32.2 Å². The highest BCUT2D eigenvalue weighted by Gasteiger charge is 2.42. The fourth-order valence-electron chi connectivity index (χ4n) is 2.86. The molecule has 3 nitrogen and oxygen atoms in total. The smallest absolute Gasteiger partial charge is 0.180 e. The van der Waals surface area contributed by atoms with Crippen molar-refractivity contribution in [3.8, 4) is 0 Å². The van der Waals surface area contributed by atoms with Crippen molar-refractivity contribution in [1.82, 2.24) is 9.88 Å². The van der Waals surface area contributed by atoms with Crippen LogP contribution in [0.4, 0.5) is 5.13 Å². The fourth-order valence-corrected chi connectivity index (χ4v) is 3.59. The number of nitrogens with two attached hydrogens (primary N) is 1. The Bertz CT molecular complexity index is 356. The fraction of sp³-hybridized carbons (Fsp3) is 0.727. The number of nitrogen functional groups attached to an aromatic ring is 1. The van der Waals surface area contributed by atoms with Gasteiger partial charge in [0.1, 0.15) is 0 Å². The van der Waals surface area contributed by atoms with E-state index >= 15 is 0 Å². The summed E-state index contributed by atoms with van der Waals surface area (Å²) in [5.74, 6) is 0. The molecule has 1 saturated carbocycles. The molecule has 82 valence electrons. The molecule has 4 heteroatoms. The minimum absolute atomic E-state index is 0.697. The van der Waals surface area contributed by atoms with Crippen LogP contribution in [0.15, 0.2) is 6.20 Å². The van der Waals surface area contributed by atoms with Crippen molar-refractivity contribution in [1.29, 1.82) is 0 Å². The predicted molar refractivity (Wildman–Crippen MR) is 62.7 cm³/mol. The van der Waals surface area contributed by atoms with E-state index in [2.05, 4.69) is 9.88 Å². The van der Waals surface area contributed by atoms with Crippen LogP contribution in [0.2, 0.25) is 0 Å². The lowest BCUT2D eigenvalue weighted by atomic mass is 9.68. The van der Waals surface area contributed by atoms with E-state index < -0.39 is 0 Å². The molecule has 1 aromatic heterocycles. The molecular weight excluding hydrogens is 206 g/mol. The van der Waals surface area contributed by atoms with E-state index in [-0.39, 0.29) is 0 Å². The Hall–Kier alpha value is -0.610. The summed E-state index contributed by atoms with van der Waals surface area (Å²) in [5.41, 5.74) is 6.34. The molecular formula is C11H17N3S. The number of hydrogen-bond acceptors (Lipinski definition) is 4. The van der Waals surface area contributed by atoms with Crippen molar-refractivity contribution < 1.29 is 0 Å². The second kappa shape index (κ2) is 3.46. The van der Waals surface area contributed by atoms with Gasteiger partial charge in [-0.3, -0.25) is 4.90 Å². The van der Waals surface area contributed by atoms with Gasteiger partial charge in [0.25, 0.3) is 0 Å². The molecule has 15 heavy (non-hydrogen) atoms. The molecule has 1 aliphatic heterocycles. The third kappa shape index (κ3) is 1.76. The van der Waals surface area contributed by atoms with E-state index in [0.29, 0.717) is 10.5 Å². The second-order valence-corrected chi connectivity index (χ2v) is 6.13. The number of anilines is 1. The van der Waals surface area contributed by atoms with E-state index in [1.165, 1.54) is 43.6 Å². The molecule has 0 atom stereocenters. The van der Waals surface area contributed by atoms with Gasteiger partial charge in [0.15, 0.2) is 5.13 Å². The third-order valence-corrected chi connectivity index (χ3v) is 4.69. The van der Waals surface area contributed by atoms with Crippen LogP contribution in [0.5, 0.6) is 0 Å². The minimum Gasteiger partial charge on any atom is -0.375 e. The summed E-state index contributed by atoms with van der Waals surface area (Å²) >= 11 is 1.63. The first-order valence-electron chi connectivity index (χ1n) is 5.68. The van der Waals surface area contributed by atoms with Crippen LogP contribution in [-0.2, 0) is 6.54 Å². The van der Waals surface area contributed by atoms with Crippen LogP contribution >= 0.6 is 11.3 Å². The number of thiazole rings is 1. The Morgan fingerprint density at radius 1 is 1.47 bits per heavy atom. The topological polar surface area (TPSA) is 42.1 Å². The Morgan fingerprint density at radius 2 is 2.33 bits per heavy atom. The van der Waals surface area contributed by atoms with Gasteiger partial charge in [0, 0.05) is 24.2 Å². The Labute approximate surface area is 94.3 Å².